The van der Waals surface area contributed by atoms with Gasteiger partial charge in [-0.3, -0.25) is 9.69 Å². The number of nitrogens with zero attached hydrogens (tertiary/aromatic N) is 12. The van der Waals surface area contributed by atoms with Gasteiger partial charge in [0.05, 0.1) is 54.0 Å². The van der Waals surface area contributed by atoms with Crippen molar-refractivity contribution in [3.05, 3.63) is 72.1 Å². The van der Waals surface area contributed by atoms with Crippen LogP contribution in [-0.4, -0.2) is 138 Å². The molecule has 1 amide bonds. The first-order chi connectivity index (χ1) is 29.2. The third-order valence-corrected chi connectivity index (χ3v) is 12.0. The van der Waals surface area contributed by atoms with E-state index in [1.165, 1.54) is 40.2 Å². The van der Waals surface area contributed by atoms with Crippen LogP contribution >= 0.6 is 0 Å². The molecule has 4 aliphatic rings. The molecule has 10 rings (SSSR count). The van der Waals surface area contributed by atoms with Crippen molar-refractivity contribution in [1.82, 2.24) is 49.1 Å². The average molecular weight is 849 g/mol. The van der Waals surface area contributed by atoms with E-state index in [0.29, 0.717) is 39.9 Å². The van der Waals surface area contributed by atoms with E-state index >= 15 is 8.78 Å². The van der Waals surface area contributed by atoms with E-state index in [-0.39, 0.29) is 86.2 Å². The number of likely N-dealkylation sites (N-methyl/N-ethyl adjacent to an activating group) is 1. The highest BCUT2D eigenvalue weighted by atomic mass is 19.4. The van der Waals surface area contributed by atoms with E-state index in [1.54, 1.807) is 36.9 Å². The summed E-state index contributed by atoms with van der Waals surface area (Å²) in [7, 11) is 3.21. The van der Waals surface area contributed by atoms with Crippen molar-refractivity contribution in [2.45, 2.75) is 62.8 Å². The molecule has 3 fully saturated rings. The van der Waals surface area contributed by atoms with Gasteiger partial charge in [-0.15, -0.1) is 0 Å². The number of hydrogen-bond donors (Lipinski definition) is 0. The molecule has 0 radical (unpaired) electrons. The largest absolute Gasteiger partial charge is 0.458 e. The fourth-order valence-corrected chi connectivity index (χ4v) is 9.33. The maximum atomic E-state index is 15.4. The predicted molar refractivity (Wildman–Crippen MR) is 208 cm³/mol. The molecule has 15 nitrogen and oxygen atoms in total. The summed E-state index contributed by atoms with van der Waals surface area (Å²) in [5, 5.41) is 4.79. The Labute approximate surface area is 343 Å². The monoisotopic (exact) mass is 848 g/mol. The lowest BCUT2D eigenvalue weighted by atomic mass is 9.88. The summed E-state index contributed by atoms with van der Waals surface area (Å²) in [5.74, 6) is -1.49. The quantitative estimate of drug-likeness (QED) is 0.223. The average Bonchev–Trinajstić information content (AvgIpc) is 3.90. The molecule has 0 aliphatic carbocycles. The summed E-state index contributed by atoms with van der Waals surface area (Å²) in [6.07, 6.45) is -1.91. The highest BCUT2D eigenvalue weighted by Crippen LogP contribution is 2.41. The molecule has 4 aliphatic heterocycles. The van der Waals surface area contributed by atoms with Crippen molar-refractivity contribution >= 4 is 39.7 Å². The molecule has 2 unspecified atom stereocenters. The molecule has 0 N–H and O–H groups in total. The van der Waals surface area contributed by atoms with Crippen molar-refractivity contribution in [2.24, 2.45) is 0 Å². The van der Waals surface area contributed by atoms with E-state index in [1.807, 2.05) is 9.47 Å². The molecule has 6 bridgehead atoms. The second kappa shape index (κ2) is 14.5. The second-order valence-electron chi connectivity index (χ2n) is 16.0. The van der Waals surface area contributed by atoms with Gasteiger partial charge in [-0.05, 0) is 37.6 Å². The van der Waals surface area contributed by atoms with Gasteiger partial charge in [0.15, 0.2) is 11.5 Å². The molecular weight excluding hydrogens is 811 g/mol. The molecule has 3 saturated heterocycles. The molecule has 21 heteroatoms. The number of rotatable bonds is 5. The number of carbonyl (C=O) groups excluding carboxylic acids is 1. The van der Waals surface area contributed by atoms with Gasteiger partial charge in [-0.2, -0.15) is 33.2 Å². The molecule has 2 aromatic carbocycles. The van der Waals surface area contributed by atoms with E-state index in [4.69, 9.17) is 24.4 Å². The van der Waals surface area contributed by atoms with Gasteiger partial charge < -0.3 is 28.7 Å². The summed E-state index contributed by atoms with van der Waals surface area (Å²) in [6.45, 7) is 1.47. The van der Waals surface area contributed by atoms with Crippen LogP contribution in [0.5, 0.6) is 6.01 Å². The number of carbonyl (C=O) groups is 1. The van der Waals surface area contributed by atoms with E-state index in [0.717, 1.165) is 12.1 Å². The van der Waals surface area contributed by atoms with Crippen LogP contribution in [0.15, 0.2) is 48.8 Å². The van der Waals surface area contributed by atoms with Crippen molar-refractivity contribution < 1.29 is 40.6 Å². The standard InChI is InChI=1S/C40H38F6N12O3/c1-20-49-31-10-22(42)8-27-30-6-7-47-39(50-30)61-25-12-33(37(59)53(2)16-26(60-3)18-55(20)34(27)31)56(17-25)35-28-13-48-58(32-5-4-21(41)9-29(32)43)36(28)52-38(51-35)57-23-11-24(57)15-54(14-23)19-40(44,45)46/h4-10,13,23-26,33H,11-12,14-19H2,1-3H3/t23?,24?,25-,26+,33-/m0/s1. The number of amides is 1. The third-order valence-electron chi connectivity index (χ3n) is 12.0. The Morgan fingerprint density at radius 3 is 2.48 bits per heavy atom. The maximum absolute atomic E-state index is 15.4. The fraction of sp³-hybridized carbons (Fsp3) is 0.425. The maximum Gasteiger partial charge on any atom is 0.401 e. The van der Waals surface area contributed by atoms with Crippen LogP contribution in [0.1, 0.15) is 18.7 Å². The number of piperazine rings is 1. The van der Waals surface area contributed by atoms with Crippen LogP contribution in [0.3, 0.4) is 0 Å². The number of alkyl halides is 3. The van der Waals surface area contributed by atoms with E-state index in [2.05, 4.69) is 15.1 Å². The van der Waals surface area contributed by atoms with Crippen LogP contribution < -0.4 is 14.5 Å². The smallest absolute Gasteiger partial charge is 0.401 e. The fourth-order valence-electron chi connectivity index (χ4n) is 9.33. The molecule has 5 atom stereocenters. The number of benzene rings is 2. The minimum absolute atomic E-state index is 0.0151. The number of halogens is 6. The Balaban J connectivity index is 1.08. The number of methoxy groups -OCH3 is 1. The van der Waals surface area contributed by atoms with Gasteiger partial charge in [0.1, 0.15) is 41.1 Å². The van der Waals surface area contributed by atoms with Gasteiger partial charge in [-0.1, -0.05) is 0 Å². The van der Waals surface area contributed by atoms with Crippen LogP contribution in [0.4, 0.5) is 38.1 Å². The number of imidazole rings is 1. The Morgan fingerprint density at radius 2 is 1.72 bits per heavy atom. The second-order valence-corrected chi connectivity index (χ2v) is 16.0. The van der Waals surface area contributed by atoms with Crippen molar-refractivity contribution in [2.75, 3.05) is 56.7 Å². The summed E-state index contributed by atoms with van der Waals surface area (Å²) < 4.78 is 100. The minimum atomic E-state index is -4.37. The molecule has 6 aromatic rings. The normalized spacial score (nSPS) is 23.3. The molecular formula is C40H38F6N12O3. The Bertz CT molecular complexity index is 2700. The van der Waals surface area contributed by atoms with E-state index < -0.39 is 48.4 Å². The first-order valence-corrected chi connectivity index (χ1v) is 19.7. The van der Waals surface area contributed by atoms with Gasteiger partial charge >= 0.3 is 12.2 Å². The lowest BCUT2D eigenvalue weighted by Crippen LogP contribution is -2.70. The Kier molecular flexibility index (Phi) is 9.31. The van der Waals surface area contributed by atoms with Gasteiger partial charge in [0, 0.05) is 76.2 Å². The zero-order valence-electron chi connectivity index (χ0n) is 33.0. The number of ether oxygens (including phenoxy) is 2. The highest BCUT2D eigenvalue weighted by Gasteiger charge is 2.49. The van der Waals surface area contributed by atoms with Gasteiger partial charge in [-0.25, -0.2) is 27.8 Å². The van der Waals surface area contributed by atoms with Crippen LogP contribution in [0, 0.1) is 24.4 Å². The Morgan fingerprint density at radius 1 is 0.918 bits per heavy atom. The van der Waals surface area contributed by atoms with Crippen molar-refractivity contribution in [1.29, 1.82) is 0 Å². The van der Waals surface area contributed by atoms with Gasteiger partial charge in [0.25, 0.3) is 0 Å². The molecule has 318 valence electrons. The SMILES string of the molecule is CO[C@@H]1CN(C)C(=O)[C@@H]2C[C@@H](CN2c2nc(N3C4CC3CN(CC(F)(F)F)C4)nc3c2cnn3-c2ccc(F)cc2F)Oc2nccc(n2)-c2cc(F)cc3nc(C)n(c23)C1. The van der Waals surface area contributed by atoms with Crippen molar-refractivity contribution in [3.63, 3.8) is 0 Å². The Hall–Kier alpha value is -6.09. The topological polar surface area (TPSA) is 136 Å². The van der Waals surface area contributed by atoms with Crippen LogP contribution in [-0.2, 0) is 16.1 Å². The zero-order chi connectivity index (χ0) is 42.5. The number of piperidine rings is 1. The number of hydrogen-bond acceptors (Lipinski definition) is 12. The number of aryl methyl sites for hydroxylation is 1. The first kappa shape index (κ1) is 39.1. The van der Waals surface area contributed by atoms with Gasteiger partial charge in [0.2, 0.25) is 11.9 Å². The lowest BCUT2D eigenvalue weighted by molar-refractivity contribution is -0.151. The number of anilines is 2. The van der Waals surface area contributed by atoms with Crippen LogP contribution in [0.2, 0.25) is 0 Å². The lowest BCUT2D eigenvalue weighted by Gasteiger charge is -2.56. The molecule has 61 heavy (non-hydrogen) atoms. The molecule has 0 spiro atoms. The number of likely N-dealkylation sites (tertiary alicyclic amines) is 1. The number of aromatic nitrogens is 8. The summed E-state index contributed by atoms with van der Waals surface area (Å²) in [6, 6.07) is 5.81. The minimum Gasteiger partial charge on any atom is -0.458 e. The first-order valence-electron chi connectivity index (χ1n) is 19.7. The summed E-state index contributed by atoms with van der Waals surface area (Å²) >= 11 is 0. The van der Waals surface area contributed by atoms with Crippen LogP contribution in [0.25, 0.3) is 39.0 Å². The summed E-state index contributed by atoms with van der Waals surface area (Å²) in [5.41, 5.74) is 1.94. The third kappa shape index (κ3) is 6.92. The highest BCUT2D eigenvalue weighted by molar-refractivity contribution is 5.94. The van der Waals surface area contributed by atoms with E-state index in [9.17, 15) is 22.4 Å². The predicted octanol–water partition coefficient (Wildman–Crippen LogP) is 4.69. The molecule has 4 aromatic heterocycles. The van der Waals surface area contributed by atoms with Crippen molar-refractivity contribution in [3.8, 4) is 23.0 Å². The number of fused-ring (bicyclic) bond motifs is 8. The molecule has 0 saturated carbocycles. The molecule has 8 heterocycles. The zero-order valence-corrected chi connectivity index (χ0v) is 33.0. The summed E-state index contributed by atoms with van der Waals surface area (Å²) in [4.78, 5) is 44.8.